The van der Waals surface area contributed by atoms with Crippen LogP contribution in [0.2, 0.25) is 0 Å². The van der Waals surface area contributed by atoms with E-state index in [0.29, 0.717) is 16.9 Å². The Kier molecular flexibility index (Phi) is 4.75. The lowest BCUT2D eigenvalue weighted by Crippen LogP contribution is -2.06. The monoisotopic (exact) mass is 398 g/mol. The van der Waals surface area contributed by atoms with E-state index >= 15 is 0 Å². The Morgan fingerprint density at radius 2 is 1.69 bits per heavy atom. The first-order valence-electron chi connectivity index (χ1n) is 8.56. The summed E-state index contributed by atoms with van der Waals surface area (Å²) in [5.74, 6) is -1.73. The Morgan fingerprint density at radius 1 is 0.966 bits per heavy atom. The van der Waals surface area contributed by atoms with Gasteiger partial charge >= 0.3 is 0 Å². The van der Waals surface area contributed by atoms with Gasteiger partial charge in [-0.1, -0.05) is 0 Å². The average Bonchev–Trinajstić information content (AvgIpc) is 3.17. The summed E-state index contributed by atoms with van der Waals surface area (Å²) >= 11 is 0. The lowest BCUT2D eigenvalue weighted by atomic mass is 10.1. The molecular formula is C19H16F2N6O2. The molecule has 3 heterocycles. The third-order valence-corrected chi connectivity index (χ3v) is 4.35. The number of fused-ring (bicyclic) bond motifs is 1. The van der Waals surface area contributed by atoms with E-state index in [2.05, 4.69) is 25.0 Å². The van der Waals surface area contributed by atoms with Crippen LogP contribution in [0.5, 0.6) is 11.5 Å². The molecule has 0 aliphatic heterocycles. The summed E-state index contributed by atoms with van der Waals surface area (Å²) in [5, 5.41) is 4.11. The van der Waals surface area contributed by atoms with Crippen molar-refractivity contribution in [3.63, 3.8) is 0 Å². The van der Waals surface area contributed by atoms with Crippen molar-refractivity contribution in [2.75, 3.05) is 14.2 Å². The highest BCUT2D eigenvalue weighted by Crippen LogP contribution is 2.32. The highest BCUT2D eigenvalue weighted by Gasteiger charge is 2.21. The summed E-state index contributed by atoms with van der Waals surface area (Å²) in [5.41, 5.74) is 1.88. The van der Waals surface area contributed by atoms with Crippen molar-refractivity contribution in [2.45, 2.75) is 6.42 Å². The van der Waals surface area contributed by atoms with Crippen LogP contribution < -0.4 is 9.47 Å². The van der Waals surface area contributed by atoms with Crippen molar-refractivity contribution in [2.24, 2.45) is 7.05 Å². The first kappa shape index (κ1) is 18.7. The van der Waals surface area contributed by atoms with Crippen LogP contribution in [-0.4, -0.2) is 43.9 Å². The Bertz CT molecular complexity index is 1180. The Hall–Kier alpha value is -3.69. The van der Waals surface area contributed by atoms with Crippen molar-refractivity contribution in [1.82, 2.24) is 29.7 Å². The number of methoxy groups -OCH3 is 2. The van der Waals surface area contributed by atoms with Crippen LogP contribution in [0.25, 0.3) is 22.4 Å². The van der Waals surface area contributed by atoms with Crippen molar-refractivity contribution in [3.8, 4) is 22.8 Å². The minimum atomic E-state index is -0.829. The van der Waals surface area contributed by atoms with Crippen molar-refractivity contribution in [1.29, 1.82) is 0 Å². The molecule has 1 aromatic carbocycles. The van der Waals surface area contributed by atoms with E-state index in [-0.39, 0.29) is 29.3 Å². The fraction of sp³-hybridized carbons (Fsp3) is 0.211. The summed E-state index contributed by atoms with van der Waals surface area (Å²) in [6.45, 7) is 0. The van der Waals surface area contributed by atoms with E-state index in [0.717, 1.165) is 11.6 Å². The topological polar surface area (TPSA) is 87.8 Å². The van der Waals surface area contributed by atoms with Gasteiger partial charge in [-0.2, -0.15) is 5.10 Å². The van der Waals surface area contributed by atoms with Gasteiger partial charge in [-0.3, -0.25) is 4.68 Å². The zero-order valence-corrected chi connectivity index (χ0v) is 15.8. The zero-order chi connectivity index (χ0) is 20.5. The minimum absolute atomic E-state index is 0.127. The number of aromatic nitrogens is 6. The third kappa shape index (κ3) is 3.44. The molecule has 0 saturated carbocycles. The second-order valence-electron chi connectivity index (χ2n) is 6.22. The summed E-state index contributed by atoms with van der Waals surface area (Å²) in [6, 6.07) is 1.15. The SMILES string of the molecule is COc1cc(OC)c(F)c(Cc2ncc3ncc(-c4cnn(C)c4)nc3n2)c1F. The number of rotatable bonds is 5. The lowest BCUT2D eigenvalue weighted by molar-refractivity contribution is 0.354. The minimum Gasteiger partial charge on any atom is -0.494 e. The van der Waals surface area contributed by atoms with Crippen LogP contribution in [0.3, 0.4) is 0 Å². The molecule has 0 atom stereocenters. The predicted octanol–water partition coefficient (Wildman–Crippen LogP) is 2.71. The molecule has 0 amide bonds. The highest BCUT2D eigenvalue weighted by atomic mass is 19.1. The van der Waals surface area contributed by atoms with Crippen LogP contribution >= 0.6 is 0 Å². The molecule has 0 N–H and O–H groups in total. The second kappa shape index (κ2) is 7.38. The van der Waals surface area contributed by atoms with Crippen molar-refractivity contribution >= 4 is 11.2 Å². The van der Waals surface area contributed by atoms with Gasteiger partial charge < -0.3 is 9.47 Å². The standard InChI is InChI=1S/C19H16F2N6O2/c1-27-9-10(6-24-27)12-7-22-13-8-23-16(26-19(13)25-12)4-11-17(20)14(28-2)5-15(29-3)18(11)21/h5-9H,4H2,1-3H3. The number of hydrogen-bond acceptors (Lipinski definition) is 7. The molecule has 0 radical (unpaired) electrons. The smallest absolute Gasteiger partial charge is 0.182 e. The molecule has 4 rings (SSSR count). The molecule has 0 bridgehead atoms. The first-order chi connectivity index (χ1) is 14.0. The van der Waals surface area contributed by atoms with Gasteiger partial charge in [0.05, 0.1) is 38.5 Å². The molecule has 0 saturated heterocycles. The van der Waals surface area contributed by atoms with Gasteiger partial charge in [-0.15, -0.1) is 0 Å². The Labute approximate surface area is 164 Å². The second-order valence-corrected chi connectivity index (χ2v) is 6.22. The predicted molar refractivity (Wildman–Crippen MR) is 99.6 cm³/mol. The highest BCUT2D eigenvalue weighted by molar-refractivity contribution is 5.72. The van der Waals surface area contributed by atoms with E-state index in [1.165, 1.54) is 20.4 Å². The summed E-state index contributed by atoms with van der Waals surface area (Å²) in [4.78, 5) is 17.2. The van der Waals surface area contributed by atoms with E-state index in [1.54, 1.807) is 30.3 Å². The summed E-state index contributed by atoms with van der Waals surface area (Å²) < 4.78 is 40.8. The molecule has 148 valence electrons. The molecular weight excluding hydrogens is 382 g/mol. The zero-order valence-electron chi connectivity index (χ0n) is 15.8. The molecule has 3 aromatic heterocycles. The van der Waals surface area contributed by atoms with E-state index in [1.807, 2.05) is 0 Å². The number of aryl methyl sites for hydroxylation is 1. The van der Waals surface area contributed by atoms with Crippen LogP contribution in [0.15, 0.2) is 30.9 Å². The molecule has 0 unspecified atom stereocenters. The quantitative estimate of drug-likeness (QED) is 0.511. The van der Waals surface area contributed by atoms with Gasteiger partial charge in [-0.25, -0.2) is 28.7 Å². The van der Waals surface area contributed by atoms with E-state index in [9.17, 15) is 8.78 Å². The number of benzene rings is 1. The third-order valence-electron chi connectivity index (χ3n) is 4.35. The molecule has 0 fully saturated rings. The Morgan fingerprint density at radius 3 is 2.31 bits per heavy atom. The van der Waals surface area contributed by atoms with Crippen molar-refractivity contribution < 1.29 is 18.3 Å². The molecule has 29 heavy (non-hydrogen) atoms. The van der Waals surface area contributed by atoms with Crippen LogP contribution in [0.1, 0.15) is 11.4 Å². The average molecular weight is 398 g/mol. The summed E-state index contributed by atoms with van der Waals surface area (Å²) in [6.07, 6.45) is 6.30. The van der Waals surface area contributed by atoms with Gasteiger partial charge in [0.15, 0.2) is 28.8 Å². The number of halogens is 2. The number of ether oxygens (including phenoxy) is 2. The molecule has 4 aromatic rings. The Balaban J connectivity index is 1.75. The van der Waals surface area contributed by atoms with Crippen LogP contribution in [-0.2, 0) is 13.5 Å². The maximum absolute atomic E-state index is 14.6. The summed E-state index contributed by atoms with van der Waals surface area (Å²) in [7, 11) is 4.38. The fourth-order valence-electron chi connectivity index (χ4n) is 2.88. The first-order valence-corrected chi connectivity index (χ1v) is 8.56. The fourth-order valence-corrected chi connectivity index (χ4v) is 2.88. The van der Waals surface area contributed by atoms with Crippen molar-refractivity contribution in [3.05, 3.63) is 53.9 Å². The maximum Gasteiger partial charge on any atom is 0.182 e. The van der Waals surface area contributed by atoms with E-state index < -0.39 is 11.6 Å². The molecule has 10 heteroatoms. The maximum atomic E-state index is 14.6. The largest absolute Gasteiger partial charge is 0.494 e. The van der Waals surface area contributed by atoms with Crippen LogP contribution in [0.4, 0.5) is 8.78 Å². The van der Waals surface area contributed by atoms with Crippen LogP contribution in [0, 0.1) is 11.6 Å². The normalized spacial score (nSPS) is 11.1. The van der Waals surface area contributed by atoms with Gasteiger partial charge in [0.1, 0.15) is 11.3 Å². The molecule has 8 nitrogen and oxygen atoms in total. The molecule has 0 spiro atoms. The number of nitrogens with zero attached hydrogens (tertiary/aromatic N) is 6. The molecule has 0 aliphatic rings. The van der Waals surface area contributed by atoms with Gasteiger partial charge in [0, 0.05) is 36.9 Å². The lowest BCUT2D eigenvalue weighted by Gasteiger charge is -2.12. The van der Waals surface area contributed by atoms with Gasteiger partial charge in [0.25, 0.3) is 0 Å². The molecule has 0 aliphatic carbocycles. The van der Waals surface area contributed by atoms with Gasteiger partial charge in [-0.05, 0) is 0 Å². The van der Waals surface area contributed by atoms with E-state index in [4.69, 9.17) is 9.47 Å². The van der Waals surface area contributed by atoms with Gasteiger partial charge in [0.2, 0.25) is 0 Å². The number of hydrogen-bond donors (Lipinski definition) is 0.